The molecule has 3 atom stereocenters. The zero-order valence-corrected chi connectivity index (χ0v) is 20.0. The molecular weight excluding hydrogens is 452 g/mol. The summed E-state index contributed by atoms with van der Waals surface area (Å²) in [5.41, 5.74) is -0.490. The van der Waals surface area contributed by atoms with Gasteiger partial charge < -0.3 is 20.3 Å². The van der Waals surface area contributed by atoms with Crippen LogP contribution in [0.2, 0.25) is 0 Å². The Balaban J connectivity index is 2.11. The highest BCUT2D eigenvalue weighted by Gasteiger charge is 2.38. The predicted molar refractivity (Wildman–Crippen MR) is 123 cm³/mol. The molecule has 182 valence electrons. The first kappa shape index (κ1) is 26.2. The Labute approximate surface area is 194 Å². The molecule has 11 nitrogen and oxygen atoms in total. The van der Waals surface area contributed by atoms with Crippen LogP contribution < -0.4 is 10.6 Å². The van der Waals surface area contributed by atoms with E-state index in [4.69, 9.17) is 4.74 Å². The highest BCUT2D eigenvalue weighted by Crippen LogP contribution is 2.22. The van der Waals surface area contributed by atoms with Gasteiger partial charge in [0.25, 0.3) is 5.69 Å². The van der Waals surface area contributed by atoms with E-state index >= 15 is 0 Å². The molecule has 0 saturated carbocycles. The van der Waals surface area contributed by atoms with Crippen molar-refractivity contribution in [1.82, 2.24) is 10.2 Å². The Hall–Kier alpha value is -3.02. The van der Waals surface area contributed by atoms with Gasteiger partial charge in [-0.1, -0.05) is 0 Å². The summed E-state index contributed by atoms with van der Waals surface area (Å²) in [6.07, 6.45) is 1.90. The Morgan fingerprint density at radius 3 is 2.45 bits per heavy atom. The van der Waals surface area contributed by atoms with Crippen molar-refractivity contribution in [2.24, 2.45) is 0 Å². The zero-order valence-electron chi connectivity index (χ0n) is 19.2. The molecule has 1 aliphatic heterocycles. The number of hydrogen-bond donors (Lipinski definition) is 2. The summed E-state index contributed by atoms with van der Waals surface area (Å²) in [5, 5.41) is 16.0. The number of nitrogens with one attached hydrogen (secondary N) is 2. The number of rotatable bonds is 8. The number of non-ortho nitro benzene ring substituents is 1. The minimum absolute atomic E-state index is 0.102. The topological polar surface area (TPSA) is 148 Å². The van der Waals surface area contributed by atoms with Crippen LogP contribution in [0, 0.1) is 10.1 Å². The number of nitro benzene ring substituents is 1. The van der Waals surface area contributed by atoms with Crippen molar-refractivity contribution in [3.8, 4) is 0 Å². The molecule has 2 rings (SSSR count). The van der Waals surface area contributed by atoms with Gasteiger partial charge in [0.15, 0.2) is 0 Å². The lowest BCUT2D eigenvalue weighted by atomic mass is 10.1. The molecule has 1 saturated heterocycles. The molecule has 1 aliphatic rings. The van der Waals surface area contributed by atoms with Crippen LogP contribution in [0.3, 0.4) is 0 Å². The maximum Gasteiger partial charge on any atom is 0.408 e. The third-order valence-electron chi connectivity index (χ3n) is 4.87. The number of carbonyl (C=O) groups excluding carboxylic acids is 3. The van der Waals surface area contributed by atoms with Crippen LogP contribution >= 0.6 is 0 Å². The van der Waals surface area contributed by atoms with Crippen LogP contribution in [0.15, 0.2) is 24.3 Å². The monoisotopic (exact) mass is 482 g/mol. The Morgan fingerprint density at radius 1 is 1.27 bits per heavy atom. The van der Waals surface area contributed by atoms with Gasteiger partial charge in [0.2, 0.25) is 11.8 Å². The highest BCUT2D eigenvalue weighted by atomic mass is 32.2. The Morgan fingerprint density at radius 2 is 1.91 bits per heavy atom. The summed E-state index contributed by atoms with van der Waals surface area (Å²) >= 11 is 0. The number of likely N-dealkylation sites (tertiary alicyclic amines) is 1. The van der Waals surface area contributed by atoms with E-state index in [0.29, 0.717) is 25.1 Å². The van der Waals surface area contributed by atoms with Gasteiger partial charge in [-0.25, -0.2) is 4.79 Å². The molecule has 33 heavy (non-hydrogen) atoms. The number of nitro groups is 1. The average Bonchev–Trinajstić information content (AvgIpc) is 3.19. The first-order valence-corrected chi connectivity index (χ1v) is 12.3. The second-order valence-electron chi connectivity index (χ2n) is 8.75. The van der Waals surface area contributed by atoms with Crippen molar-refractivity contribution in [2.45, 2.75) is 57.7 Å². The lowest BCUT2D eigenvalue weighted by Crippen LogP contribution is -2.53. The van der Waals surface area contributed by atoms with Crippen LogP contribution in [0.1, 0.15) is 40.0 Å². The number of carbonyl (C=O) groups is 3. The molecule has 0 radical (unpaired) electrons. The van der Waals surface area contributed by atoms with Gasteiger partial charge in [-0.3, -0.25) is 23.9 Å². The van der Waals surface area contributed by atoms with E-state index in [0.717, 1.165) is 0 Å². The van der Waals surface area contributed by atoms with Crippen LogP contribution in [-0.2, 0) is 25.1 Å². The predicted octanol–water partition coefficient (Wildman–Crippen LogP) is 2.19. The molecule has 12 heteroatoms. The van der Waals surface area contributed by atoms with Gasteiger partial charge in [-0.15, -0.1) is 0 Å². The summed E-state index contributed by atoms with van der Waals surface area (Å²) in [6.45, 7) is 5.43. The molecule has 3 amide bonds. The number of amides is 3. The quantitative estimate of drug-likeness (QED) is 0.426. The van der Waals surface area contributed by atoms with E-state index in [9.17, 15) is 28.7 Å². The zero-order chi connectivity index (χ0) is 24.8. The fraction of sp³-hybridized carbons (Fsp3) is 0.571. The average molecular weight is 483 g/mol. The standard InChI is InChI=1S/C21H30N4O7S/c1-21(2,3)32-20(28)23-16(11-13-33(4)31)19(27)24-12-5-6-17(24)18(26)22-14-7-9-15(10-8-14)25(29)30/h7-10,16-17H,5-6,11-13H2,1-4H3,(H,22,26)(H,23,28)/t16-,17-,33?/m0/s1. The minimum Gasteiger partial charge on any atom is -0.444 e. The Bertz CT molecular complexity index is 914. The normalized spacial score (nSPS) is 17.7. The number of alkyl carbamates (subject to hydrolysis) is 1. The lowest BCUT2D eigenvalue weighted by molar-refractivity contribution is -0.384. The SMILES string of the molecule is CS(=O)CC[C@H](NC(=O)OC(C)(C)C)C(=O)N1CCC[C@H]1C(=O)Nc1ccc([N+](=O)[O-])cc1. The minimum atomic E-state index is -1.18. The second-order valence-corrected chi connectivity index (χ2v) is 10.3. The third-order valence-corrected chi connectivity index (χ3v) is 5.68. The summed E-state index contributed by atoms with van der Waals surface area (Å²) < 4.78 is 16.8. The van der Waals surface area contributed by atoms with Crippen molar-refractivity contribution < 1.29 is 28.3 Å². The number of benzene rings is 1. The molecule has 1 unspecified atom stereocenters. The number of ether oxygens (including phenoxy) is 1. The maximum atomic E-state index is 13.2. The first-order valence-electron chi connectivity index (χ1n) is 10.5. The van der Waals surface area contributed by atoms with Crippen molar-refractivity contribution >= 4 is 40.1 Å². The molecule has 0 spiro atoms. The second kappa shape index (κ2) is 11.2. The molecular formula is C21H30N4O7S. The molecule has 1 aromatic carbocycles. The largest absolute Gasteiger partial charge is 0.444 e. The van der Waals surface area contributed by atoms with E-state index in [2.05, 4.69) is 10.6 Å². The smallest absolute Gasteiger partial charge is 0.408 e. The van der Waals surface area contributed by atoms with Crippen molar-refractivity contribution in [3.63, 3.8) is 0 Å². The lowest BCUT2D eigenvalue weighted by Gasteiger charge is -2.29. The number of anilines is 1. The summed E-state index contributed by atoms with van der Waals surface area (Å²) in [7, 11) is -1.18. The van der Waals surface area contributed by atoms with E-state index in [-0.39, 0.29) is 17.9 Å². The fourth-order valence-corrected chi connectivity index (χ4v) is 3.95. The summed E-state index contributed by atoms with van der Waals surface area (Å²) in [4.78, 5) is 50.0. The van der Waals surface area contributed by atoms with Crippen LogP contribution in [-0.4, -0.2) is 68.2 Å². The van der Waals surface area contributed by atoms with Gasteiger partial charge in [-0.05, 0) is 52.2 Å². The first-order chi connectivity index (χ1) is 15.4. The van der Waals surface area contributed by atoms with E-state index in [1.165, 1.54) is 35.4 Å². The number of nitrogens with zero attached hydrogens (tertiary/aromatic N) is 2. The van der Waals surface area contributed by atoms with E-state index in [1.807, 2.05) is 0 Å². The molecule has 0 aliphatic carbocycles. The van der Waals surface area contributed by atoms with Crippen LogP contribution in [0.4, 0.5) is 16.2 Å². The highest BCUT2D eigenvalue weighted by molar-refractivity contribution is 7.84. The van der Waals surface area contributed by atoms with E-state index in [1.54, 1.807) is 20.8 Å². The van der Waals surface area contributed by atoms with Gasteiger partial charge in [0, 0.05) is 47.2 Å². The number of hydrogen-bond acceptors (Lipinski definition) is 7. The molecule has 2 N–H and O–H groups in total. The van der Waals surface area contributed by atoms with Crippen LogP contribution in [0.25, 0.3) is 0 Å². The molecule has 1 aromatic rings. The van der Waals surface area contributed by atoms with Crippen molar-refractivity contribution in [3.05, 3.63) is 34.4 Å². The molecule has 0 bridgehead atoms. The fourth-order valence-electron chi connectivity index (χ4n) is 3.39. The molecule has 1 fully saturated rings. The summed E-state index contributed by atoms with van der Waals surface area (Å²) in [5.74, 6) is -0.683. The van der Waals surface area contributed by atoms with Crippen molar-refractivity contribution in [2.75, 3.05) is 23.9 Å². The Kier molecular flexibility index (Phi) is 8.91. The van der Waals surface area contributed by atoms with Gasteiger partial charge in [0.1, 0.15) is 17.7 Å². The van der Waals surface area contributed by atoms with Crippen molar-refractivity contribution in [1.29, 1.82) is 0 Å². The van der Waals surface area contributed by atoms with Gasteiger partial charge >= 0.3 is 6.09 Å². The summed E-state index contributed by atoms with van der Waals surface area (Å²) in [6, 6.07) is 3.64. The maximum absolute atomic E-state index is 13.2. The third kappa shape index (κ3) is 8.12. The van der Waals surface area contributed by atoms with Crippen LogP contribution in [0.5, 0.6) is 0 Å². The van der Waals surface area contributed by atoms with Gasteiger partial charge in [-0.2, -0.15) is 0 Å². The van der Waals surface area contributed by atoms with Gasteiger partial charge in [0.05, 0.1) is 4.92 Å². The molecule has 0 aromatic heterocycles. The molecule has 1 heterocycles. The van der Waals surface area contributed by atoms with E-state index < -0.39 is 51.3 Å².